The summed E-state index contributed by atoms with van der Waals surface area (Å²) in [5.74, 6) is -0.586. The first-order valence-corrected chi connectivity index (χ1v) is 5.98. The number of nitrogens with two attached hydrogens (primary N) is 1. The summed E-state index contributed by atoms with van der Waals surface area (Å²) in [6.07, 6.45) is 6.96. The Morgan fingerprint density at radius 1 is 1.59 bits per heavy atom. The summed E-state index contributed by atoms with van der Waals surface area (Å²) in [5, 5.41) is 0. The van der Waals surface area contributed by atoms with Crippen LogP contribution in [0.25, 0.3) is 0 Å². The van der Waals surface area contributed by atoms with Crippen molar-refractivity contribution in [3.8, 4) is 0 Å². The largest absolute Gasteiger partial charge is 0.405 e. The van der Waals surface area contributed by atoms with E-state index in [1.807, 2.05) is 6.92 Å². The highest BCUT2D eigenvalue weighted by atomic mass is 16.2. The van der Waals surface area contributed by atoms with Gasteiger partial charge in [0.1, 0.15) is 5.92 Å². The molecule has 0 aliphatic carbocycles. The monoisotopic (exact) mass is 236 g/mol. The number of hydrogen-bond acceptors (Lipinski definition) is 3. The topological polar surface area (TPSA) is 63.4 Å². The predicted octanol–water partition coefficient (Wildman–Crippen LogP) is 1.23. The predicted molar refractivity (Wildman–Crippen MR) is 67.1 cm³/mol. The van der Waals surface area contributed by atoms with Crippen molar-refractivity contribution < 1.29 is 9.59 Å². The van der Waals surface area contributed by atoms with E-state index in [1.165, 1.54) is 6.20 Å². The van der Waals surface area contributed by atoms with Gasteiger partial charge in [0.15, 0.2) is 5.78 Å². The molecule has 1 unspecified atom stereocenters. The van der Waals surface area contributed by atoms with Crippen LogP contribution in [0.2, 0.25) is 0 Å². The van der Waals surface area contributed by atoms with Crippen LogP contribution in [0.1, 0.15) is 26.2 Å². The van der Waals surface area contributed by atoms with E-state index in [-0.39, 0.29) is 11.7 Å². The highest BCUT2D eigenvalue weighted by Crippen LogP contribution is 2.22. The smallest absolute Gasteiger partial charge is 0.233 e. The molecule has 0 aromatic carbocycles. The molecule has 0 aromatic heterocycles. The third-order valence-electron chi connectivity index (χ3n) is 2.99. The van der Waals surface area contributed by atoms with E-state index in [9.17, 15) is 9.59 Å². The van der Waals surface area contributed by atoms with Gasteiger partial charge in [-0.1, -0.05) is 19.4 Å². The lowest BCUT2D eigenvalue weighted by Crippen LogP contribution is -2.28. The van der Waals surface area contributed by atoms with Crippen LogP contribution in [-0.4, -0.2) is 30.2 Å². The lowest BCUT2D eigenvalue weighted by Gasteiger charge is -2.11. The second-order valence-electron chi connectivity index (χ2n) is 4.29. The molecule has 0 saturated carbocycles. The van der Waals surface area contributed by atoms with Crippen LogP contribution in [0.3, 0.4) is 0 Å². The maximum atomic E-state index is 12.2. The Balaban J connectivity index is 2.82. The van der Waals surface area contributed by atoms with Crippen molar-refractivity contribution in [1.29, 1.82) is 0 Å². The van der Waals surface area contributed by atoms with Crippen molar-refractivity contribution in [2.75, 3.05) is 13.6 Å². The van der Waals surface area contributed by atoms with Crippen LogP contribution in [0, 0.1) is 5.92 Å². The van der Waals surface area contributed by atoms with Gasteiger partial charge in [-0.25, -0.2) is 0 Å². The first-order valence-electron chi connectivity index (χ1n) is 5.98. The van der Waals surface area contributed by atoms with Gasteiger partial charge in [-0.05, 0) is 30.7 Å². The van der Waals surface area contributed by atoms with Crippen molar-refractivity contribution in [1.82, 2.24) is 4.90 Å². The molecule has 1 rings (SSSR count). The maximum Gasteiger partial charge on any atom is 0.233 e. The molecule has 1 fully saturated rings. The van der Waals surface area contributed by atoms with Crippen LogP contribution in [0.4, 0.5) is 0 Å². The van der Waals surface area contributed by atoms with Crippen LogP contribution in [-0.2, 0) is 9.59 Å². The fourth-order valence-electron chi connectivity index (χ4n) is 2.02. The Morgan fingerprint density at radius 3 is 2.76 bits per heavy atom. The number of allylic oxidation sites excluding steroid dienone is 3. The van der Waals surface area contributed by atoms with Gasteiger partial charge < -0.3 is 10.6 Å². The molecule has 0 aromatic rings. The van der Waals surface area contributed by atoms with E-state index in [4.69, 9.17) is 5.73 Å². The minimum absolute atomic E-state index is 0.0423. The minimum atomic E-state index is -0.482. The van der Waals surface area contributed by atoms with Gasteiger partial charge in [0.2, 0.25) is 5.91 Å². The third-order valence-corrected chi connectivity index (χ3v) is 2.99. The Morgan fingerprint density at radius 2 is 2.29 bits per heavy atom. The first kappa shape index (κ1) is 13.5. The van der Waals surface area contributed by atoms with Gasteiger partial charge in [-0.3, -0.25) is 9.59 Å². The zero-order valence-corrected chi connectivity index (χ0v) is 10.5. The lowest BCUT2D eigenvalue weighted by atomic mass is 9.93. The lowest BCUT2D eigenvalue weighted by molar-refractivity contribution is -0.134. The van der Waals surface area contributed by atoms with E-state index >= 15 is 0 Å². The van der Waals surface area contributed by atoms with Gasteiger partial charge in [0, 0.05) is 13.6 Å². The van der Waals surface area contributed by atoms with Gasteiger partial charge in [0.25, 0.3) is 0 Å². The molecule has 1 aliphatic rings. The molecule has 2 N–H and O–H groups in total. The number of Topliss-reactive ketones (excluding diaryl/α,β-unsaturated/α-hetero) is 1. The Hall–Kier alpha value is -1.58. The van der Waals surface area contributed by atoms with Crippen LogP contribution < -0.4 is 5.73 Å². The summed E-state index contributed by atoms with van der Waals surface area (Å²) >= 11 is 0. The first-order chi connectivity index (χ1) is 8.11. The molecule has 17 heavy (non-hydrogen) atoms. The molecule has 1 amide bonds. The second-order valence-corrected chi connectivity index (χ2v) is 4.29. The average molecular weight is 236 g/mol. The molecule has 0 spiro atoms. The van der Waals surface area contributed by atoms with E-state index in [0.717, 1.165) is 6.42 Å². The highest BCUT2D eigenvalue weighted by Gasteiger charge is 2.35. The number of amides is 1. The van der Waals surface area contributed by atoms with Gasteiger partial charge in [0.05, 0.1) is 0 Å². The van der Waals surface area contributed by atoms with Crippen LogP contribution >= 0.6 is 0 Å². The summed E-state index contributed by atoms with van der Waals surface area (Å²) in [4.78, 5) is 25.6. The molecule has 1 atom stereocenters. The summed E-state index contributed by atoms with van der Waals surface area (Å²) < 4.78 is 0. The van der Waals surface area contributed by atoms with Gasteiger partial charge in [-0.2, -0.15) is 0 Å². The molecule has 0 bridgehead atoms. The number of nitrogens with zero attached hydrogens (tertiary/aromatic N) is 1. The molecular formula is C13H20N2O2. The number of carbonyl (C=O) groups excluding carboxylic acids is 2. The van der Waals surface area contributed by atoms with E-state index in [0.29, 0.717) is 25.0 Å². The van der Waals surface area contributed by atoms with Crippen molar-refractivity contribution in [2.24, 2.45) is 11.7 Å². The second kappa shape index (κ2) is 6.23. The molecule has 1 aliphatic heterocycles. The quantitative estimate of drug-likeness (QED) is 0.443. The van der Waals surface area contributed by atoms with Crippen molar-refractivity contribution >= 4 is 11.7 Å². The summed E-state index contributed by atoms with van der Waals surface area (Å²) in [5.41, 5.74) is 5.96. The average Bonchev–Trinajstić information content (AvgIpc) is 2.65. The number of carbonyl (C=O) groups is 2. The van der Waals surface area contributed by atoms with Crippen LogP contribution in [0.15, 0.2) is 23.9 Å². The summed E-state index contributed by atoms with van der Waals surface area (Å²) in [6, 6.07) is 0. The van der Waals surface area contributed by atoms with Crippen molar-refractivity contribution in [3.63, 3.8) is 0 Å². The normalized spacial score (nSPS) is 21.5. The third kappa shape index (κ3) is 3.19. The number of hydrogen-bond donors (Lipinski definition) is 1. The number of ketones is 1. The molecule has 0 radical (unpaired) electrons. The van der Waals surface area contributed by atoms with Crippen LogP contribution in [0.5, 0.6) is 0 Å². The SMILES string of the molecule is CCC/C(=C\C=C/N)C(=O)C1CCN(C)C1=O. The highest BCUT2D eigenvalue weighted by molar-refractivity contribution is 6.10. The fourth-order valence-corrected chi connectivity index (χ4v) is 2.02. The number of rotatable bonds is 5. The Kier molecular flexibility index (Phi) is 4.94. The summed E-state index contributed by atoms with van der Waals surface area (Å²) in [7, 11) is 1.73. The summed E-state index contributed by atoms with van der Waals surface area (Å²) in [6.45, 7) is 2.68. The Labute approximate surface area is 102 Å². The van der Waals surface area contributed by atoms with E-state index < -0.39 is 5.92 Å². The van der Waals surface area contributed by atoms with E-state index in [1.54, 1.807) is 24.1 Å². The Bertz CT molecular complexity index is 358. The molecule has 1 heterocycles. The number of likely N-dealkylation sites (tertiary alicyclic amines) is 1. The standard InChI is InChI=1S/C13H20N2O2/c1-3-5-10(6-4-8-14)12(16)11-7-9-15(2)13(11)17/h4,6,8,11H,3,5,7,9,14H2,1-2H3/b8-4-,10-6+. The van der Waals surface area contributed by atoms with Gasteiger partial charge >= 0.3 is 0 Å². The zero-order valence-electron chi connectivity index (χ0n) is 10.5. The molecule has 1 saturated heterocycles. The minimum Gasteiger partial charge on any atom is -0.405 e. The molecule has 94 valence electrons. The maximum absolute atomic E-state index is 12.2. The van der Waals surface area contributed by atoms with Gasteiger partial charge in [-0.15, -0.1) is 0 Å². The molecule has 4 nitrogen and oxygen atoms in total. The molecular weight excluding hydrogens is 216 g/mol. The van der Waals surface area contributed by atoms with E-state index in [2.05, 4.69) is 0 Å². The van der Waals surface area contributed by atoms with Crippen molar-refractivity contribution in [3.05, 3.63) is 23.9 Å². The van der Waals surface area contributed by atoms with Crippen molar-refractivity contribution in [2.45, 2.75) is 26.2 Å². The zero-order chi connectivity index (χ0) is 12.8. The fraction of sp³-hybridized carbons (Fsp3) is 0.538. The molecule has 4 heteroatoms.